The molecule has 0 aliphatic rings. The first-order valence-electron chi connectivity index (χ1n) is 8.32. The molecule has 0 saturated carbocycles. The van der Waals surface area contributed by atoms with Crippen LogP contribution >= 0.6 is 11.6 Å². The van der Waals surface area contributed by atoms with E-state index >= 15 is 0 Å². The van der Waals surface area contributed by atoms with Crippen molar-refractivity contribution in [3.63, 3.8) is 0 Å². The summed E-state index contributed by atoms with van der Waals surface area (Å²) in [5, 5.41) is 3.02. The van der Waals surface area contributed by atoms with Gasteiger partial charge in [0.2, 0.25) is 0 Å². The minimum absolute atomic E-state index is 0.269. The van der Waals surface area contributed by atoms with Crippen LogP contribution in [0.25, 0.3) is 0 Å². The molecule has 1 aromatic carbocycles. The highest BCUT2D eigenvalue weighted by Gasteiger charge is 2.14. The maximum absolute atomic E-state index is 12.5. The van der Waals surface area contributed by atoms with Crippen LogP contribution in [0, 0.1) is 0 Å². The minimum Gasteiger partial charge on any atom is -0.465 e. The molecule has 1 heterocycles. The SMILES string of the molecule is CCCCN(C)c1ccnc(C(=O)Nc2cc(C(=O)OC)ccc2Cl)c1. The van der Waals surface area contributed by atoms with Gasteiger partial charge >= 0.3 is 5.97 Å². The number of benzene rings is 1. The lowest BCUT2D eigenvalue weighted by Gasteiger charge is -2.19. The van der Waals surface area contributed by atoms with Crippen LogP contribution in [0.5, 0.6) is 0 Å². The van der Waals surface area contributed by atoms with Crippen LogP contribution in [0.4, 0.5) is 11.4 Å². The van der Waals surface area contributed by atoms with Crippen LogP contribution in [0.1, 0.15) is 40.6 Å². The average Bonchev–Trinajstić information content (AvgIpc) is 2.67. The average molecular weight is 376 g/mol. The van der Waals surface area contributed by atoms with Gasteiger partial charge in [0.25, 0.3) is 5.91 Å². The summed E-state index contributed by atoms with van der Waals surface area (Å²) < 4.78 is 4.68. The molecule has 1 aromatic heterocycles. The molecule has 26 heavy (non-hydrogen) atoms. The Kier molecular flexibility index (Phi) is 6.97. The molecule has 2 aromatic rings. The number of aromatic nitrogens is 1. The first-order chi connectivity index (χ1) is 12.5. The lowest BCUT2D eigenvalue weighted by atomic mass is 10.2. The van der Waals surface area contributed by atoms with E-state index in [1.807, 2.05) is 13.1 Å². The molecule has 1 N–H and O–H groups in total. The molecule has 7 heteroatoms. The molecule has 0 unspecified atom stereocenters. The van der Waals surface area contributed by atoms with E-state index in [0.29, 0.717) is 16.3 Å². The van der Waals surface area contributed by atoms with Gasteiger partial charge in [0.05, 0.1) is 23.4 Å². The van der Waals surface area contributed by atoms with Crippen molar-refractivity contribution < 1.29 is 14.3 Å². The topological polar surface area (TPSA) is 71.5 Å². The van der Waals surface area contributed by atoms with Crippen LogP contribution in [0.3, 0.4) is 0 Å². The van der Waals surface area contributed by atoms with Gasteiger partial charge in [0, 0.05) is 25.5 Å². The van der Waals surface area contributed by atoms with Crippen LogP contribution < -0.4 is 10.2 Å². The number of hydrogen-bond donors (Lipinski definition) is 1. The van der Waals surface area contributed by atoms with Crippen molar-refractivity contribution in [2.45, 2.75) is 19.8 Å². The predicted molar refractivity (Wildman–Crippen MR) is 103 cm³/mol. The van der Waals surface area contributed by atoms with E-state index in [1.165, 1.54) is 25.3 Å². The number of pyridine rings is 1. The summed E-state index contributed by atoms with van der Waals surface area (Å²) in [6.45, 7) is 3.03. The third-order valence-electron chi connectivity index (χ3n) is 3.90. The second-order valence-corrected chi connectivity index (χ2v) is 6.22. The molecule has 0 aliphatic carbocycles. The molecule has 0 aliphatic heterocycles. The van der Waals surface area contributed by atoms with Gasteiger partial charge in [-0.25, -0.2) is 4.79 Å². The van der Waals surface area contributed by atoms with Gasteiger partial charge < -0.3 is 15.0 Å². The van der Waals surface area contributed by atoms with Gasteiger partial charge in [-0.05, 0) is 36.8 Å². The van der Waals surface area contributed by atoms with Crippen LogP contribution in [0.2, 0.25) is 5.02 Å². The Morgan fingerprint density at radius 3 is 2.73 bits per heavy atom. The minimum atomic E-state index is -0.505. The van der Waals surface area contributed by atoms with E-state index in [1.54, 1.807) is 12.3 Å². The monoisotopic (exact) mass is 375 g/mol. The first kappa shape index (κ1) is 19.7. The molecule has 1 amide bonds. The smallest absolute Gasteiger partial charge is 0.337 e. The Balaban J connectivity index is 2.19. The van der Waals surface area contributed by atoms with Gasteiger partial charge in [-0.2, -0.15) is 0 Å². The summed E-state index contributed by atoms with van der Waals surface area (Å²) in [4.78, 5) is 30.4. The van der Waals surface area contributed by atoms with Gasteiger partial charge in [-0.15, -0.1) is 0 Å². The second kappa shape index (κ2) is 9.20. The normalized spacial score (nSPS) is 10.3. The van der Waals surface area contributed by atoms with Crippen LogP contribution in [0.15, 0.2) is 36.5 Å². The zero-order valence-electron chi connectivity index (χ0n) is 15.1. The Morgan fingerprint density at radius 2 is 2.04 bits per heavy atom. The number of carbonyl (C=O) groups is 2. The number of halogens is 1. The Morgan fingerprint density at radius 1 is 1.27 bits per heavy atom. The van der Waals surface area contributed by atoms with Crippen molar-refractivity contribution in [1.82, 2.24) is 4.98 Å². The highest BCUT2D eigenvalue weighted by molar-refractivity contribution is 6.34. The summed E-state index contributed by atoms with van der Waals surface area (Å²) in [7, 11) is 3.27. The van der Waals surface area contributed by atoms with Crippen molar-refractivity contribution in [3.05, 3.63) is 52.8 Å². The van der Waals surface area contributed by atoms with Gasteiger partial charge in [0.15, 0.2) is 0 Å². The molecular formula is C19H22ClN3O3. The molecule has 0 atom stereocenters. The molecule has 2 rings (SSSR count). The Hall–Kier alpha value is -2.60. The summed E-state index contributed by atoms with van der Waals surface area (Å²) >= 11 is 6.12. The number of methoxy groups -OCH3 is 1. The number of ether oxygens (including phenoxy) is 1. The summed E-state index contributed by atoms with van der Waals surface area (Å²) in [5.41, 5.74) is 1.80. The predicted octanol–water partition coefficient (Wildman–Crippen LogP) is 4.01. The quantitative estimate of drug-likeness (QED) is 0.740. The highest BCUT2D eigenvalue weighted by atomic mass is 35.5. The zero-order valence-corrected chi connectivity index (χ0v) is 15.8. The van der Waals surface area contributed by atoms with Crippen molar-refractivity contribution in [2.75, 3.05) is 30.9 Å². The lowest BCUT2D eigenvalue weighted by molar-refractivity contribution is 0.0600. The highest BCUT2D eigenvalue weighted by Crippen LogP contribution is 2.24. The van der Waals surface area contributed by atoms with Crippen molar-refractivity contribution >= 4 is 34.9 Å². The number of hydrogen-bond acceptors (Lipinski definition) is 5. The molecule has 0 bridgehead atoms. The fourth-order valence-corrected chi connectivity index (χ4v) is 2.52. The summed E-state index contributed by atoms with van der Waals surface area (Å²) in [5.74, 6) is -0.908. The molecule has 6 nitrogen and oxygen atoms in total. The van der Waals surface area contributed by atoms with E-state index in [4.69, 9.17) is 11.6 Å². The molecule has 138 valence electrons. The fourth-order valence-electron chi connectivity index (χ4n) is 2.36. The third-order valence-corrected chi connectivity index (χ3v) is 4.23. The van der Waals surface area contributed by atoms with Gasteiger partial charge in [-0.1, -0.05) is 24.9 Å². The number of esters is 1. The Bertz CT molecular complexity index is 795. The molecular weight excluding hydrogens is 354 g/mol. The van der Waals surface area contributed by atoms with Gasteiger partial charge in [0.1, 0.15) is 5.69 Å². The largest absolute Gasteiger partial charge is 0.465 e. The number of nitrogens with zero attached hydrogens (tertiary/aromatic N) is 2. The number of nitrogens with one attached hydrogen (secondary N) is 1. The van der Waals surface area contributed by atoms with E-state index < -0.39 is 11.9 Å². The van der Waals surface area contributed by atoms with E-state index in [2.05, 4.69) is 26.9 Å². The Labute approximate surface area is 158 Å². The van der Waals surface area contributed by atoms with E-state index in [0.717, 1.165) is 25.1 Å². The zero-order chi connectivity index (χ0) is 19.1. The number of carbonyl (C=O) groups excluding carboxylic acids is 2. The van der Waals surface area contributed by atoms with E-state index in [-0.39, 0.29) is 5.69 Å². The lowest BCUT2D eigenvalue weighted by Crippen LogP contribution is -2.20. The summed E-state index contributed by atoms with van der Waals surface area (Å²) in [6.07, 6.45) is 3.76. The van der Waals surface area contributed by atoms with Crippen LogP contribution in [-0.4, -0.2) is 37.6 Å². The maximum Gasteiger partial charge on any atom is 0.337 e. The number of unbranched alkanes of at least 4 members (excludes halogenated alkanes) is 1. The van der Waals surface area contributed by atoms with Crippen LogP contribution in [-0.2, 0) is 4.74 Å². The summed E-state index contributed by atoms with van der Waals surface area (Å²) in [6, 6.07) is 8.13. The van der Waals surface area contributed by atoms with Crippen molar-refractivity contribution in [3.8, 4) is 0 Å². The first-order valence-corrected chi connectivity index (χ1v) is 8.70. The van der Waals surface area contributed by atoms with Crippen molar-refractivity contribution in [2.24, 2.45) is 0 Å². The molecule has 0 radical (unpaired) electrons. The second-order valence-electron chi connectivity index (χ2n) is 5.81. The molecule has 0 spiro atoms. The van der Waals surface area contributed by atoms with Gasteiger partial charge in [-0.3, -0.25) is 9.78 Å². The number of rotatable bonds is 7. The fraction of sp³-hybridized carbons (Fsp3) is 0.316. The van der Waals surface area contributed by atoms with E-state index in [9.17, 15) is 9.59 Å². The molecule has 0 fully saturated rings. The third kappa shape index (κ3) is 4.95. The number of anilines is 2. The standard InChI is InChI=1S/C19H22ClN3O3/c1-4-5-10-23(2)14-8-9-21-17(12-14)18(24)22-16-11-13(19(25)26-3)6-7-15(16)20/h6-9,11-12H,4-5,10H2,1-3H3,(H,22,24). The van der Waals surface area contributed by atoms with Crippen molar-refractivity contribution in [1.29, 1.82) is 0 Å². The maximum atomic E-state index is 12.5. The molecule has 0 saturated heterocycles. The number of amides is 1.